The highest BCUT2D eigenvalue weighted by Crippen LogP contribution is 2.34. The summed E-state index contributed by atoms with van der Waals surface area (Å²) >= 11 is 0. The second kappa shape index (κ2) is 5.74. The molecule has 1 aliphatic rings. The maximum atomic E-state index is 12.3. The molecule has 0 aliphatic carbocycles. The minimum absolute atomic E-state index is 0.0739. The van der Waals surface area contributed by atoms with E-state index in [0.29, 0.717) is 29.3 Å². The van der Waals surface area contributed by atoms with Gasteiger partial charge in [-0.2, -0.15) is 5.10 Å². The van der Waals surface area contributed by atoms with Gasteiger partial charge in [0.1, 0.15) is 11.4 Å². The highest BCUT2D eigenvalue weighted by molar-refractivity contribution is 6.06. The Labute approximate surface area is 138 Å². The van der Waals surface area contributed by atoms with Crippen molar-refractivity contribution in [2.24, 2.45) is 5.73 Å². The molecule has 2 aromatic rings. The maximum absolute atomic E-state index is 12.3. The van der Waals surface area contributed by atoms with Crippen molar-refractivity contribution in [3.05, 3.63) is 40.7 Å². The van der Waals surface area contributed by atoms with Gasteiger partial charge in [-0.25, -0.2) is 4.68 Å². The molecule has 0 saturated heterocycles. The first-order valence-electron chi connectivity index (χ1n) is 7.36. The molecule has 7 nitrogen and oxygen atoms in total. The molecule has 0 saturated carbocycles. The van der Waals surface area contributed by atoms with E-state index in [9.17, 15) is 9.59 Å². The van der Waals surface area contributed by atoms with Crippen molar-refractivity contribution in [1.82, 2.24) is 15.1 Å². The highest BCUT2D eigenvalue weighted by atomic mass is 16.5. The van der Waals surface area contributed by atoms with E-state index in [-0.39, 0.29) is 17.2 Å². The van der Waals surface area contributed by atoms with E-state index in [1.165, 1.54) is 11.7 Å². The number of rotatable bonds is 2. The third-order valence-corrected chi connectivity index (χ3v) is 3.92. The number of primary amides is 1. The quantitative estimate of drug-likeness (QED) is 0.798. The molecule has 0 bridgehead atoms. The van der Waals surface area contributed by atoms with E-state index in [2.05, 4.69) is 16.3 Å². The van der Waals surface area contributed by atoms with E-state index in [1.54, 1.807) is 18.2 Å². The molecule has 1 aliphatic heterocycles. The number of carbonyl (C=O) groups is 2. The van der Waals surface area contributed by atoms with Crippen LogP contribution < -0.4 is 15.8 Å². The Morgan fingerprint density at radius 1 is 1.50 bits per heavy atom. The smallest absolute Gasteiger partial charge is 0.270 e. The average Bonchev–Trinajstić information content (AvgIpc) is 2.93. The van der Waals surface area contributed by atoms with Crippen molar-refractivity contribution in [3.8, 4) is 23.8 Å². The molecule has 24 heavy (non-hydrogen) atoms. The highest BCUT2D eigenvalue weighted by Gasteiger charge is 2.32. The number of amides is 2. The predicted octanol–water partition coefficient (Wildman–Crippen LogP) is 0.808. The van der Waals surface area contributed by atoms with E-state index in [4.69, 9.17) is 16.9 Å². The van der Waals surface area contributed by atoms with Gasteiger partial charge in [0.2, 0.25) is 0 Å². The zero-order valence-corrected chi connectivity index (χ0v) is 13.3. The Bertz CT molecular complexity index is 892. The normalized spacial score (nSPS) is 15.3. The third-order valence-electron chi connectivity index (χ3n) is 3.92. The molecule has 2 heterocycles. The number of ether oxygens (including phenoxy) is 1. The molecule has 2 amide bonds. The van der Waals surface area contributed by atoms with Gasteiger partial charge in [0.15, 0.2) is 5.69 Å². The Kier molecular flexibility index (Phi) is 3.73. The molecule has 1 aromatic carbocycles. The van der Waals surface area contributed by atoms with Gasteiger partial charge in [-0.05, 0) is 18.2 Å². The van der Waals surface area contributed by atoms with Crippen LogP contribution in [-0.4, -0.2) is 35.2 Å². The number of terminal acetylenes is 1. The van der Waals surface area contributed by atoms with Crippen LogP contribution in [0.5, 0.6) is 5.75 Å². The first kappa shape index (κ1) is 15.6. The van der Waals surface area contributed by atoms with Crippen LogP contribution in [0.15, 0.2) is 18.2 Å². The maximum Gasteiger partial charge on any atom is 0.270 e. The fourth-order valence-electron chi connectivity index (χ4n) is 2.78. The number of nitrogens with two attached hydrogens (primary N) is 1. The first-order valence-corrected chi connectivity index (χ1v) is 7.36. The van der Waals surface area contributed by atoms with Crippen LogP contribution in [0.25, 0.3) is 5.69 Å². The molecule has 1 aromatic heterocycles. The molecule has 0 spiro atoms. The van der Waals surface area contributed by atoms with Crippen LogP contribution in [-0.2, 0) is 0 Å². The third kappa shape index (κ3) is 2.29. The lowest BCUT2D eigenvalue weighted by Crippen LogP contribution is -2.25. The molecule has 1 atom stereocenters. The number of hydrogen-bond acceptors (Lipinski definition) is 4. The lowest BCUT2D eigenvalue weighted by molar-refractivity contribution is 0.0941. The monoisotopic (exact) mass is 324 g/mol. The summed E-state index contributed by atoms with van der Waals surface area (Å²) in [6, 6.07) is 5.23. The number of fused-ring (bicyclic) bond motifs is 3. The number of carbonyl (C=O) groups excluding carboxylic acids is 2. The fourth-order valence-corrected chi connectivity index (χ4v) is 2.78. The SMILES string of the molecule is C#Cc1ccc2c(c1)-n1nc(C(N)=O)c(C(=O)NC)c1C(C)CO2. The zero-order valence-electron chi connectivity index (χ0n) is 13.3. The van der Waals surface area contributed by atoms with E-state index in [1.807, 2.05) is 6.92 Å². The average molecular weight is 324 g/mol. The molecular weight excluding hydrogens is 308 g/mol. The number of hydrogen-bond donors (Lipinski definition) is 2. The van der Waals surface area contributed by atoms with Gasteiger partial charge in [0.05, 0.1) is 17.9 Å². The van der Waals surface area contributed by atoms with Crippen molar-refractivity contribution in [3.63, 3.8) is 0 Å². The minimum atomic E-state index is -0.767. The Balaban J connectivity index is 2.37. The molecule has 0 fully saturated rings. The lowest BCUT2D eigenvalue weighted by Gasteiger charge is -2.11. The summed E-state index contributed by atoms with van der Waals surface area (Å²) in [5.74, 6) is 1.75. The molecule has 7 heteroatoms. The Morgan fingerprint density at radius 2 is 2.25 bits per heavy atom. The van der Waals surface area contributed by atoms with E-state index < -0.39 is 11.8 Å². The Morgan fingerprint density at radius 3 is 2.88 bits per heavy atom. The summed E-state index contributed by atoms with van der Waals surface area (Å²) < 4.78 is 7.32. The molecule has 3 rings (SSSR count). The summed E-state index contributed by atoms with van der Waals surface area (Å²) in [6.45, 7) is 2.22. The second-order valence-electron chi connectivity index (χ2n) is 5.50. The predicted molar refractivity (Wildman–Crippen MR) is 87.3 cm³/mol. The standard InChI is InChI=1S/C17H16N4O3/c1-4-10-5-6-12-11(7-10)21-15(9(2)8-24-12)13(17(23)19-3)14(20-21)16(18)22/h1,5-7,9H,8H2,2-3H3,(H2,18,22)(H,19,23). The number of aromatic nitrogens is 2. The molecule has 1 unspecified atom stereocenters. The van der Waals surface area contributed by atoms with Gasteiger partial charge in [-0.3, -0.25) is 9.59 Å². The van der Waals surface area contributed by atoms with Crippen molar-refractivity contribution < 1.29 is 14.3 Å². The molecule has 122 valence electrons. The molecule has 0 radical (unpaired) electrons. The van der Waals surface area contributed by atoms with E-state index in [0.717, 1.165) is 0 Å². The molecule has 3 N–H and O–H groups in total. The number of benzene rings is 1. The molecular formula is C17H16N4O3. The van der Waals surface area contributed by atoms with Crippen LogP contribution >= 0.6 is 0 Å². The van der Waals surface area contributed by atoms with Gasteiger partial charge in [0.25, 0.3) is 11.8 Å². The lowest BCUT2D eigenvalue weighted by atomic mass is 10.0. The van der Waals surface area contributed by atoms with Gasteiger partial charge in [-0.1, -0.05) is 12.8 Å². The minimum Gasteiger partial charge on any atom is -0.491 e. The number of nitrogens with zero attached hydrogens (tertiary/aromatic N) is 2. The summed E-state index contributed by atoms with van der Waals surface area (Å²) in [5.41, 5.74) is 7.29. The first-order chi connectivity index (χ1) is 11.5. The fraction of sp³-hybridized carbons (Fsp3) is 0.235. The van der Waals surface area contributed by atoms with Crippen molar-refractivity contribution >= 4 is 11.8 Å². The summed E-state index contributed by atoms with van der Waals surface area (Å²) in [6.07, 6.45) is 5.46. The van der Waals surface area contributed by atoms with Crippen molar-refractivity contribution in [2.45, 2.75) is 12.8 Å². The van der Waals surface area contributed by atoms with Crippen LogP contribution in [0, 0.1) is 12.3 Å². The van der Waals surface area contributed by atoms with Crippen LogP contribution in [0.4, 0.5) is 0 Å². The van der Waals surface area contributed by atoms with Gasteiger partial charge >= 0.3 is 0 Å². The van der Waals surface area contributed by atoms with Crippen molar-refractivity contribution in [1.29, 1.82) is 0 Å². The Hall–Kier alpha value is -3.27. The zero-order chi connectivity index (χ0) is 17.4. The van der Waals surface area contributed by atoms with Crippen molar-refractivity contribution in [2.75, 3.05) is 13.7 Å². The van der Waals surface area contributed by atoms with Crippen LogP contribution in [0.3, 0.4) is 0 Å². The van der Waals surface area contributed by atoms with Crippen LogP contribution in [0.1, 0.15) is 44.9 Å². The van der Waals surface area contributed by atoms with Gasteiger partial charge in [-0.15, -0.1) is 6.42 Å². The van der Waals surface area contributed by atoms with E-state index >= 15 is 0 Å². The topological polar surface area (TPSA) is 99.2 Å². The van der Waals surface area contributed by atoms with Crippen LogP contribution in [0.2, 0.25) is 0 Å². The largest absolute Gasteiger partial charge is 0.491 e. The summed E-state index contributed by atoms with van der Waals surface area (Å²) in [4.78, 5) is 24.1. The summed E-state index contributed by atoms with van der Waals surface area (Å²) in [7, 11) is 1.49. The van der Waals surface area contributed by atoms with Gasteiger partial charge < -0.3 is 15.8 Å². The van der Waals surface area contributed by atoms with Gasteiger partial charge in [0, 0.05) is 18.5 Å². The number of nitrogens with one attached hydrogen (secondary N) is 1. The second-order valence-corrected chi connectivity index (χ2v) is 5.50. The summed E-state index contributed by atoms with van der Waals surface area (Å²) in [5, 5.41) is 6.81.